The zero-order valence-corrected chi connectivity index (χ0v) is 9.70. The van der Waals surface area contributed by atoms with E-state index in [1.165, 1.54) is 16.0 Å². The van der Waals surface area contributed by atoms with E-state index in [1.807, 2.05) is 12.1 Å². The molecule has 3 rings (SSSR count). The number of aromatic hydroxyl groups is 1. The summed E-state index contributed by atoms with van der Waals surface area (Å²) < 4.78 is 0. The molecular formula is C14H13OS+. The molecule has 0 unspecified atom stereocenters. The molecule has 0 radical (unpaired) electrons. The lowest BCUT2D eigenvalue weighted by molar-refractivity contribution is 0.475. The molecule has 0 bridgehead atoms. The minimum atomic E-state index is 0.293. The lowest BCUT2D eigenvalue weighted by Crippen LogP contribution is -2.00. The fourth-order valence-electron chi connectivity index (χ4n) is 2.07. The Morgan fingerprint density at radius 2 is 1.38 bits per heavy atom. The summed E-state index contributed by atoms with van der Waals surface area (Å²) in [6.07, 6.45) is 0. The van der Waals surface area contributed by atoms with Crippen LogP contribution in [0.15, 0.2) is 53.4 Å². The number of hydrogen-bond acceptors (Lipinski definition) is 1. The molecular weight excluding hydrogens is 216 g/mol. The van der Waals surface area contributed by atoms with Crippen LogP contribution in [0.25, 0.3) is 0 Å². The first-order valence-electron chi connectivity index (χ1n) is 5.36. The van der Waals surface area contributed by atoms with Crippen molar-refractivity contribution in [3.05, 3.63) is 59.7 Å². The Morgan fingerprint density at radius 1 is 0.812 bits per heavy atom. The minimum absolute atomic E-state index is 0.293. The van der Waals surface area contributed by atoms with Crippen LogP contribution >= 0.6 is 0 Å². The summed E-state index contributed by atoms with van der Waals surface area (Å²) in [5.74, 6) is 2.66. The number of phenolic OH excluding ortho intramolecular Hbond substituents is 1. The summed E-state index contributed by atoms with van der Waals surface area (Å²) in [4.78, 5) is 1.36. The number of fused-ring (bicyclic) bond motifs is 1. The van der Waals surface area contributed by atoms with Crippen molar-refractivity contribution < 1.29 is 5.11 Å². The average Bonchev–Trinajstić information content (AvgIpc) is 2.73. The van der Waals surface area contributed by atoms with Gasteiger partial charge < -0.3 is 5.11 Å². The van der Waals surface area contributed by atoms with Crippen LogP contribution in [-0.4, -0.2) is 5.11 Å². The molecule has 1 N–H and O–H groups in total. The summed E-state index contributed by atoms with van der Waals surface area (Å²) >= 11 is 0. The first-order chi connectivity index (χ1) is 7.83. The monoisotopic (exact) mass is 229 g/mol. The zero-order valence-electron chi connectivity index (χ0n) is 8.89. The van der Waals surface area contributed by atoms with Gasteiger partial charge in [-0.25, -0.2) is 0 Å². The summed E-state index contributed by atoms with van der Waals surface area (Å²) in [7, 11) is 0.293. The maximum Gasteiger partial charge on any atom is 0.155 e. The van der Waals surface area contributed by atoms with E-state index >= 15 is 0 Å². The molecule has 2 heteroatoms. The quantitative estimate of drug-likeness (QED) is 0.745. The minimum Gasteiger partial charge on any atom is -0.508 e. The third-order valence-corrected chi connectivity index (χ3v) is 5.21. The van der Waals surface area contributed by atoms with Gasteiger partial charge in [0.15, 0.2) is 4.90 Å². The van der Waals surface area contributed by atoms with E-state index in [-0.39, 0.29) is 0 Å². The summed E-state index contributed by atoms with van der Waals surface area (Å²) in [5.41, 5.74) is 2.97. The van der Waals surface area contributed by atoms with E-state index in [9.17, 15) is 5.11 Å². The Morgan fingerprint density at radius 3 is 1.94 bits per heavy atom. The second kappa shape index (κ2) is 3.87. The van der Waals surface area contributed by atoms with Gasteiger partial charge in [0.05, 0.1) is 0 Å². The van der Waals surface area contributed by atoms with Crippen LogP contribution in [-0.2, 0) is 22.4 Å². The Kier molecular flexibility index (Phi) is 2.37. The van der Waals surface area contributed by atoms with Crippen molar-refractivity contribution in [2.45, 2.75) is 16.4 Å². The molecule has 1 aliphatic heterocycles. The van der Waals surface area contributed by atoms with Crippen molar-refractivity contribution in [2.24, 2.45) is 0 Å². The third-order valence-electron chi connectivity index (χ3n) is 2.95. The van der Waals surface area contributed by atoms with Crippen LogP contribution in [0.1, 0.15) is 11.1 Å². The van der Waals surface area contributed by atoms with E-state index in [0.717, 1.165) is 11.5 Å². The van der Waals surface area contributed by atoms with Gasteiger partial charge in [-0.1, -0.05) is 24.3 Å². The molecule has 2 aromatic carbocycles. The molecule has 0 aliphatic carbocycles. The average molecular weight is 229 g/mol. The number of phenols is 1. The van der Waals surface area contributed by atoms with E-state index in [2.05, 4.69) is 24.3 Å². The highest BCUT2D eigenvalue weighted by Crippen LogP contribution is 2.32. The highest BCUT2D eigenvalue weighted by atomic mass is 32.2. The first kappa shape index (κ1) is 9.79. The smallest absolute Gasteiger partial charge is 0.155 e. The number of rotatable bonds is 1. The van der Waals surface area contributed by atoms with Crippen LogP contribution in [0.2, 0.25) is 0 Å². The molecule has 0 fully saturated rings. The molecule has 1 heterocycles. The largest absolute Gasteiger partial charge is 0.508 e. The predicted molar refractivity (Wildman–Crippen MR) is 67.6 cm³/mol. The van der Waals surface area contributed by atoms with Crippen molar-refractivity contribution in [3.63, 3.8) is 0 Å². The molecule has 1 aliphatic rings. The molecule has 2 aromatic rings. The third kappa shape index (κ3) is 1.69. The van der Waals surface area contributed by atoms with Crippen molar-refractivity contribution in [1.82, 2.24) is 0 Å². The van der Waals surface area contributed by atoms with Gasteiger partial charge >= 0.3 is 0 Å². The van der Waals surface area contributed by atoms with Gasteiger partial charge in [0, 0.05) is 22.0 Å². The lowest BCUT2D eigenvalue weighted by Gasteiger charge is -1.99. The number of benzene rings is 2. The highest BCUT2D eigenvalue weighted by Gasteiger charge is 2.31. The molecule has 0 spiro atoms. The Labute approximate surface area is 98.1 Å². The predicted octanol–water partition coefficient (Wildman–Crippen LogP) is 3.08. The summed E-state index contributed by atoms with van der Waals surface area (Å²) in [5, 5.41) is 9.28. The number of hydrogen-bond donors (Lipinski definition) is 1. The van der Waals surface area contributed by atoms with Crippen molar-refractivity contribution in [1.29, 1.82) is 0 Å². The van der Waals surface area contributed by atoms with E-state index in [0.29, 0.717) is 16.6 Å². The Bertz CT molecular complexity index is 479. The van der Waals surface area contributed by atoms with Crippen molar-refractivity contribution in [3.8, 4) is 5.75 Å². The molecule has 0 aromatic heterocycles. The van der Waals surface area contributed by atoms with E-state index < -0.39 is 0 Å². The molecule has 0 saturated heterocycles. The highest BCUT2D eigenvalue weighted by molar-refractivity contribution is 7.95. The van der Waals surface area contributed by atoms with Gasteiger partial charge in [0.1, 0.15) is 17.3 Å². The molecule has 0 amide bonds. The molecule has 0 atom stereocenters. The van der Waals surface area contributed by atoms with Crippen LogP contribution in [0, 0.1) is 0 Å². The maximum absolute atomic E-state index is 9.28. The van der Waals surface area contributed by atoms with Crippen LogP contribution in [0.3, 0.4) is 0 Å². The standard InChI is InChI=1S/C14H12OS/c15-13-5-7-14(8-6-13)16-9-11-3-1-2-4-12(11)10-16/h1-8H,9-10H2/p+1. The van der Waals surface area contributed by atoms with Gasteiger partial charge in [-0.2, -0.15) is 0 Å². The normalized spacial score (nSPS) is 15.0. The lowest BCUT2D eigenvalue weighted by atomic mass is 10.1. The second-order valence-electron chi connectivity index (χ2n) is 4.04. The topological polar surface area (TPSA) is 20.2 Å². The molecule has 16 heavy (non-hydrogen) atoms. The summed E-state index contributed by atoms with van der Waals surface area (Å²) in [6.45, 7) is 0. The van der Waals surface area contributed by atoms with Gasteiger partial charge in [0.2, 0.25) is 0 Å². The van der Waals surface area contributed by atoms with Crippen LogP contribution in [0.5, 0.6) is 5.75 Å². The SMILES string of the molecule is Oc1ccc([S+]2Cc3ccccc3C2)cc1. The van der Waals surface area contributed by atoms with Crippen molar-refractivity contribution >= 4 is 10.9 Å². The Balaban J connectivity index is 1.88. The molecule has 80 valence electrons. The molecule has 0 saturated carbocycles. The Hall–Kier alpha value is -1.41. The van der Waals surface area contributed by atoms with Gasteiger partial charge in [0.25, 0.3) is 0 Å². The van der Waals surface area contributed by atoms with E-state index in [1.54, 1.807) is 12.1 Å². The van der Waals surface area contributed by atoms with E-state index in [4.69, 9.17) is 0 Å². The van der Waals surface area contributed by atoms with Crippen LogP contribution in [0.4, 0.5) is 0 Å². The molecule has 1 nitrogen and oxygen atoms in total. The summed E-state index contributed by atoms with van der Waals surface area (Å²) in [6, 6.07) is 16.3. The maximum atomic E-state index is 9.28. The van der Waals surface area contributed by atoms with Gasteiger partial charge in [-0.3, -0.25) is 0 Å². The van der Waals surface area contributed by atoms with Crippen molar-refractivity contribution in [2.75, 3.05) is 0 Å². The van der Waals surface area contributed by atoms with Gasteiger partial charge in [-0.05, 0) is 24.3 Å². The fraction of sp³-hybridized carbons (Fsp3) is 0.143. The second-order valence-corrected chi connectivity index (χ2v) is 6.08. The van der Waals surface area contributed by atoms with Gasteiger partial charge in [-0.15, -0.1) is 0 Å². The van der Waals surface area contributed by atoms with Crippen LogP contribution < -0.4 is 0 Å². The fourth-order valence-corrected chi connectivity index (χ4v) is 4.34. The zero-order chi connectivity index (χ0) is 11.0. The first-order valence-corrected chi connectivity index (χ1v) is 6.92.